The van der Waals surface area contributed by atoms with Crippen molar-refractivity contribution in [2.75, 3.05) is 6.61 Å². The molecule has 0 unspecified atom stereocenters. The Kier molecular flexibility index (Phi) is 6.84. The van der Waals surface area contributed by atoms with Crippen LogP contribution in [0.4, 0.5) is 0 Å². The number of hydrogen-bond donors (Lipinski definition) is 0. The van der Waals surface area contributed by atoms with Gasteiger partial charge in [-0.1, -0.05) is 66.2 Å². The zero-order chi connectivity index (χ0) is 25.1. The number of thiophene rings is 1. The summed E-state index contributed by atoms with van der Waals surface area (Å²) >= 11 is 7.70. The summed E-state index contributed by atoms with van der Waals surface area (Å²) in [6.45, 7) is 2.18. The number of hydrogen-bond acceptors (Lipinski definition) is 7. The zero-order valence-electron chi connectivity index (χ0n) is 19.2. The first kappa shape index (κ1) is 23.8. The molecule has 1 aliphatic heterocycles. The molecule has 180 valence electrons. The van der Waals surface area contributed by atoms with Crippen LogP contribution in [0.25, 0.3) is 16.2 Å². The topological polar surface area (TPSA) is 74.2 Å². The minimum Gasteiger partial charge on any atom is -0.490 e. The first-order valence-electron chi connectivity index (χ1n) is 11.2. The molecule has 6 nitrogen and oxygen atoms in total. The molecule has 4 aromatic rings. The smallest absolute Gasteiger partial charge is 0.363 e. The molecule has 8 heteroatoms. The molecule has 36 heavy (non-hydrogen) atoms. The number of esters is 2. The second-order valence-electron chi connectivity index (χ2n) is 7.86. The number of nitrogens with zero attached hydrogens (tertiary/aromatic N) is 1. The summed E-state index contributed by atoms with van der Waals surface area (Å²) in [5, 5.41) is 1.17. The van der Waals surface area contributed by atoms with Crippen LogP contribution >= 0.6 is 22.9 Å². The maximum absolute atomic E-state index is 12.9. The minimum absolute atomic E-state index is 0.185. The van der Waals surface area contributed by atoms with Crippen molar-refractivity contribution in [3.05, 3.63) is 99.5 Å². The first-order chi connectivity index (χ1) is 17.5. The van der Waals surface area contributed by atoms with E-state index in [-0.39, 0.29) is 11.4 Å². The van der Waals surface area contributed by atoms with Crippen molar-refractivity contribution in [1.82, 2.24) is 0 Å². The molecule has 1 aromatic heterocycles. The lowest BCUT2D eigenvalue weighted by Gasteiger charge is -2.11. The van der Waals surface area contributed by atoms with Gasteiger partial charge in [-0.25, -0.2) is 14.6 Å². The number of aliphatic imine (C=N–C) groups is 1. The van der Waals surface area contributed by atoms with Gasteiger partial charge in [-0.05, 0) is 42.3 Å². The van der Waals surface area contributed by atoms with Gasteiger partial charge < -0.3 is 14.2 Å². The van der Waals surface area contributed by atoms with Gasteiger partial charge in [-0.2, -0.15) is 0 Å². The minimum atomic E-state index is -0.567. The summed E-state index contributed by atoms with van der Waals surface area (Å²) in [4.78, 5) is 29.9. The Balaban J connectivity index is 1.38. The first-order valence-corrected chi connectivity index (χ1v) is 12.4. The Morgan fingerprint density at radius 2 is 1.83 bits per heavy atom. The summed E-state index contributed by atoms with van der Waals surface area (Å²) in [7, 11) is 0. The number of cyclic esters (lactones) is 1. The molecule has 0 aliphatic carbocycles. The SMILES string of the molecule is CCOc1cc(/C=C2/N=C(Cc3ccccc3)OC2=O)ccc1OC(=O)c1sc2ccccc2c1Cl. The Hall–Kier alpha value is -3.94. The van der Waals surface area contributed by atoms with Gasteiger partial charge in [0.05, 0.1) is 11.6 Å². The van der Waals surface area contributed by atoms with Crippen LogP contribution in [0.3, 0.4) is 0 Å². The van der Waals surface area contributed by atoms with Crippen LogP contribution in [-0.4, -0.2) is 24.4 Å². The van der Waals surface area contributed by atoms with E-state index >= 15 is 0 Å². The highest BCUT2D eigenvalue weighted by atomic mass is 35.5. The molecule has 0 atom stereocenters. The van der Waals surface area contributed by atoms with Gasteiger partial charge >= 0.3 is 11.9 Å². The Labute approximate surface area is 216 Å². The van der Waals surface area contributed by atoms with Gasteiger partial charge in [0.1, 0.15) is 4.88 Å². The number of halogens is 1. The summed E-state index contributed by atoms with van der Waals surface area (Å²) in [6, 6.07) is 22.2. The Morgan fingerprint density at radius 1 is 1.06 bits per heavy atom. The molecule has 2 heterocycles. The summed E-state index contributed by atoms with van der Waals surface area (Å²) in [6.07, 6.45) is 2.03. The third kappa shape index (κ3) is 5.03. The molecular weight excluding hydrogens is 498 g/mol. The van der Waals surface area contributed by atoms with Gasteiger partial charge in [0.2, 0.25) is 5.90 Å². The van der Waals surface area contributed by atoms with E-state index in [0.29, 0.717) is 40.1 Å². The molecule has 3 aromatic carbocycles. The average Bonchev–Trinajstić information content (AvgIpc) is 3.40. The fraction of sp³-hybridized carbons (Fsp3) is 0.107. The average molecular weight is 518 g/mol. The summed E-state index contributed by atoms with van der Waals surface area (Å²) < 4.78 is 17.6. The highest BCUT2D eigenvalue weighted by Gasteiger charge is 2.24. The van der Waals surface area contributed by atoms with Crippen molar-refractivity contribution in [1.29, 1.82) is 0 Å². The van der Waals surface area contributed by atoms with Gasteiger partial charge in [0.15, 0.2) is 17.2 Å². The molecule has 5 rings (SSSR count). The van der Waals surface area contributed by atoms with E-state index in [1.807, 2.05) is 61.5 Å². The van der Waals surface area contributed by atoms with E-state index in [1.165, 1.54) is 11.3 Å². The molecule has 0 radical (unpaired) electrons. The molecule has 0 amide bonds. The quantitative estimate of drug-likeness (QED) is 0.155. The zero-order valence-corrected chi connectivity index (χ0v) is 20.8. The molecule has 0 saturated heterocycles. The second kappa shape index (κ2) is 10.4. The molecule has 0 N–H and O–H groups in total. The number of carbonyl (C=O) groups excluding carboxylic acids is 2. The fourth-order valence-corrected chi connectivity index (χ4v) is 5.10. The molecule has 1 aliphatic rings. The number of carbonyl (C=O) groups is 2. The van der Waals surface area contributed by atoms with Crippen molar-refractivity contribution >= 4 is 56.9 Å². The van der Waals surface area contributed by atoms with Gasteiger partial charge in [-0.3, -0.25) is 0 Å². The highest BCUT2D eigenvalue weighted by molar-refractivity contribution is 7.21. The Morgan fingerprint density at radius 3 is 2.61 bits per heavy atom. The third-order valence-corrected chi connectivity index (χ3v) is 7.01. The van der Waals surface area contributed by atoms with Crippen LogP contribution < -0.4 is 9.47 Å². The maximum Gasteiger partial charge on any atom is 0.363 e. The number of benzene rings is 3. The predicted octanol–water partition coefficient (Wildman–Crippen LogP) is 6.71. The summed E-state index contributed by atoms with van der Waals surface area (Å²) in [5.41, 5.74) is 1.83. The van der Waals surface area contributed by atoms with E-state index in [1.54, 1.807) is 24.3 Å². The Bertz CT molecular complexity index is 1520. The van der Waals surface area contributed by atoms with Gasteiger partial charge in [0.25, 0.3) is 0 Å². The normalized spacial score (nSPS) is 14.1. The van der Waals surface area contributed by atoms with Crippen molar-refractivity contribution in [3.63, 3.8) is 0 Å². The standard InChI is InChI=1S/C28H20ClNO5S/c1-2-33-22-15-18(14-20-27(31)35-24(30-20)16-17-8-4-3-5-9-17)12-13-21(22)34-28(32)26-25(29)19-10-6-7-11-23(19)36-26/h3-15H,2,16H2,1H3/b20-14+. The second-order valence-corrected chi connectivity index (χ2v) is 9.29. The highest BCUT2D eigenvalue weighted by Crippen LogP contribution is 2.37. The lowest BCUT2D eigenvalue weighted by atomic mass is 10.1. The number of ether oxygens (including phenoxy) is 3. The molecule has 0 saturated carbocycles. The molecule has 0 spiro atoms. The van der Waals surface area contributed by atoms with Crippen LogP contribution in [0.2, 0.25) is 5.02 Å². The fourth-order valence-electron chi connectivity index (χ4n) is 3.72. The van der Waals surface area contributed by atoms with Crippen LogP contribution in [-0.2, 0) is 16.0 Å². The number of rotatable bonds is 7. The van der Waals surface area contributed by atoms with Crippen LogP contribution in [0.1, 0.15) is 27.7 Å². The third-order valence-electron chi connectivity index (χ3n) is 5.36. The van der Waals surface area contributed by atoms with Gasteiger partial charge in [-0.15, -0.1) is 11.3 Å². The lowest BCUT2D eigenvalue weighted by molar-refractivity contribution is -0.130. The predicted molar refractivity (Wildman–Crippen MR) is 141 cm³/mol. The molecule has 0 bridgehead atoms. The lowest BCUT2D eigenvalue weighted by Crippen LogP contribution is -2.08. The molecule has 0 fully saturated rings. The number of fused-ring (bicyclic) bond motifs is 1. The van der Waals surface area contributed by atoms with Crippen LogP contribution in [0.15, 0.2) is 83.5 Å². The van der Waals surface area contributed by atoms with E-state index < -0.39 is 11.9 Å². The van der Waals surface area contributed by atoms with E-state index in [2.05, 4.69) is 4.99 Å². The van der Waals surface area contributed by atoms with Crippen molar-refractivity contribution < 1.29 is 23.8 Å². The van der Waals surface area contributed by atoms with Crippen molar-refractivity contribution in [2.45, 2.75) is 13.3 Å². The largest absolute Gasteiger partial charge is 0.490 e. The van der Waals surface area contributed by atoms with E-state index in [0.717, 1.165) is 15.6 Å². The van der Waals surface area contributed by atoms with Crippen molar-refractivity contribution in [3.8, 4) is 11.5 Å². The van der Waals surface area contributed by atoms with Crippen LogP contribution in [0, 0.1) is 0 Å². The van der Waals surface area contributed by atoms with E-state index in [4.69, 9.17) is 25.8 Å². The van der Waals surface area contributed by atoms with E-state index in [9.17, 15) is 9.59 Å². The van der Waals surface area contributed by atoms with Gasteiger partial charge in [0, 0.05) is 16.5 Å². The maximum atomic E-state index is 12.9. The monoisotopic (exact) mass is 517 g/mol. The molecular formula is C28H20ClNO5S. The summed E-state index contributed by atoms with van der Waals surface area (Å²) in [5.74, 6) is -0.137. The van der Waals surface area contributed by atoms with Crippen LogP contribution in [0.5, 0.6) is 11.5 Å². The van der Waals surface area contributed by atoms with Crippen molar-refractivity contribution in [2.24, 2.45) is 4.99 Å².